The lowest BCUT2D eigenvalue weighted by Crippen LogP contribution is -2.67. The first kappa shape index (κ1) is 22.1. The average Bonchev–Trinajstić information content (AvgIpc) is 2.69. The maximum absolute atomic E-state index is 12.6. The van der Waals surface area contributed by atoms with Crippen molar-refractivity contribution in [1.29, 1.82) is 0 Å². The van der Waals surface area contributed by atoms with E-state index in [2.05, 4.69) is 41.5 Å². The minimum Gasteiger partial charge on any atom is -0.303 e. The minimum absolute atomic E-state index is 0.0715. The molecule has 31 heavy (non-hydrogen) atoms. The largest absolute Gasteiger partial charge is 0.303 e. The van der Waals surface area contributed by atoms with Crippen LogP contribution in [0.4, 0.5) is 0 Å². The molecule has 0 amide bonds. The zero-order valence-electron chi connectivity index (χ0n) is 21.1. The summed E-state index contributed by atoms with van der Waals surface area (Å²) >= 11 is 0. The van der Waals surface area contributed by atoms with Gasteiger partial charge in [-0.1, -0.05) is 41.5 Å². The first-order valence-electron chi connectivity index (χ1n) is 13.3. The number of hydrogen-bond acceptors (Lipinski definition) is 2. The maximum Gasteiger partial charge on any atom is 0.133 e. The second kappa shape index (κ2) is 6.47. The van der Waals surface area contributed by atoms with Crippen LogP contribution in [0.1, 0.15) is 119 Å². The maximum atomic E-state index is 12.6. The molecule has 5 aliphatic carbocycles. The van der Waals surface area contributed by atoms with Gasteiger partial charge in [0.25, 0.3) is 0 Å². The van der Waals surface area contributed by atoms with Gasteiger partial charge in [-0.2, -0.15) is 0 Å². The molecule has 0 aromatic rings. The van der Waals surface area contributed by atoms with Gasteiger partial charge in [0.05, 0.1) is 0 Å². The molecule has 2 nitrogen and oxygen atoms in total. The van der Waals surface area contributed by atoms with Gasteiger partial charge in [0.2, 0.25) is 0 Å². The second-order valence-corrected chi connectivity index (χ2v) is 14.7. The third-order valence-corrected chi connectivity index (χ3v) is 12.8. The summed E-state index contributed by atoms with van der Waals surface area (Å²) in [7, 11) is 0. The number of Topliss-reactive ketones (excluding diaryl/α,β-unsaturated/α-hetero) is 1. The highest BCUT2D eigenvalue weighted by Gasteiger charge is 2.71. The molecule has 8 atom stereocenters. The van der Waals surface area contributed by atoms with Gasteiger partial charge in [-0.3, -0.25) is 4.79 Å². The predicted molar refractivity (Wildman–Crippen MR) is 126 cm³/mol. The summed E-state index contributed by atoms with van der Waals surface area (Å²) in [5.74, 6) is 2.47. The van der Waals surface area contributed by atoms with Crippen molar-refractivity contribution in [2.75, 3.05) is 0 Å². The standard InChI is InChI=1S/C29H46O2/c1-24(2)11-15-29(19-30)16-14-27(5)22-9-10-25(3)17-20(31)7-8-21(25)26(22,4)12-13-28(27,6)23(29)18-24/h19,21-23H,7-18H2,1-6H3/t21-,22+,23-,25-,26+,27-,28+,29-/m1/s1. The van der Waals surface area contributed by atoms with Crippen LogP contribution < -0.4 is 0 Å². The van der Waals surface area contributed by atoms with Crippen molar-refractivity contribution in [3.8, 4) is 0 Å². The van der Waals surface area contributed by atoms with Crippen LogP contribution in [0, 0.1) is 50.2 Å². The van der Waals surface area contributed by atoms with Gasteiger partial charge in [-0.15, -0.1) is 0 Å². The van der Waals surface area contributed by atoms with E-state index in [1.807, 2.05) is 0 Å². The molecule has 5 rings (SSSR count). The Morgan fingerprint density at radius 3 is 2.10 bits per heavy atom. The summed E-state index contributed by atoms with van der Waals surface area (Å²) in [5, 5.41) is 0. The average molecular weight is 427 g/mol. The quantitative estimate of drug-likeness (QED) is 0.410. The fraction of sp³-hybridized carbons (Fsp3) is 0.931. The van der Waals surface area contributed by atoms with Crippen molar-refractivity contribution in [2.24, 2.45) is 50.2 Å². The lowest BCUT2D eigenvalue weighted by Gasteiger charge is -2.74. The molecular formula is C29H46O2. The van der Waals surface area contributed by atoms with E-state index in [4.69, 9.17) is 0 Å². The van der Waals surface area contributed by atoms with Crippen LogP contribution in [0.25, 0.3) is 0 Å². The van der Waals surface area contributed by atoms with Crippen LogP contribution in [-0.2, 0) is 9.59 Å². The number of fused-ring (bicyclic) bond motifs is 7. The first-order valence-corrected chi connectivity index (χ1v) is 13.3. The van der Waals surface area contributed by atoms with Crippen LogP contribution in [0.3, 0.4) is 0 Å². The molecule has 0 N–H and O–H groups in total. The highest BCUT2D eigenvalue weighted by molar-refractivity contribution is 5.80. The zero-order chi connectivity index (χ0) is 22.5. The van der Waals surface area contributed by atoms with Crippen molar-refractivity contribution in [3.05, 3.63) is 0 Å². The van der Waals surface area contributed by atoms with E-state index in [0.29, 0.717) is 33.9 Å². The molecule has 5 aliphatic rings. The Bertz CT molecular complexity index is 799. The fourth-order valence-electron chi connectivity index (χ4n) is 10.8. The monoisotopic (exact) mass is 426 g/mol. The Kier molecular flexibility index (Phi) is 4.62. The molecule has 2 heteroatoms. The molecule has 0 bridgehead atoms. The van der Waals surface area contributed by atoms with Gasteiger partial charge < -0.3 is 4.79 Å². The molecule has 0 aromatic heterocycles. The highest BCUT2D eigenvalue weighted by Crippen LogP contribution is 2.77. The summed E-state index contributed by atoms with van der Waals surface area (Å²) in [6, 6.07) is 0. The van der Waals surface area contributed by atoms with Crippen molar-refractivity contribution in [3.63, 3.8) is 0 Å². The number of aldehydes is 1. The lowest BCUT2D eigenvalue weighted by molar-refractivity contribution is -0.249. The first-order chi connectivity index (χ1) is 14.3. The lowest BCUT2D eigenvalue weighted by atomic mass is 9.30. The summed E-state index contributed by atoms with van der Waals surface area (Å²) in [4.78, 5) is 25.0. The van der Waals surface area contributed by atoms with E-state index in [1.165, 1.54) is 51.2 Å². The number of rotatable bonds is 1. The Hall–Kier alpha value is -0.660. The molecule has 5 saturated carbocycles. The molecule has 174 valence electrons. The SMILES string of the molecule is CC1(C)CC[C@]2(C=O)CC[C@]3(C)[C@H]4CC[C@]5(C)CC(=O)CC[C@H]5[C@]4(C)CC[C@@]3(C)[C@H]2C1. The van der Waals surface area contributed by atoms with Crippen molar-refractivity contribution < 1.29 is 9.59 Å². The molecule has 0 radical (unpaired) electrons. The smallest absolute Gasteiger partial charge is 0.133 e. The minimum atomic E-state index is -0.0715. The molecule has 0 unspecified atom stereocenters. The zero-order valence-corrected chi connectivity index (χ0v) is 21.1. The van der Waals surface area contributed by atoms with E-state index >= 15 is 0 Å². The molecular weight excluding hydrogens is 380 g/mol. The van der Waals surface area contributed by atoms with Crippen molar-refractivity contribution >= 4 is 12.1 Å². The number of hydrogen-bond donors (Lipinski definition) is 0. The normalized spacial score (nSPS) is 55.9. The Labute approximate surface area is 190 Å². The van der Waals surface area contributed by atoms with E-state index in [9.17, 15) is 9.59 Å². The molecule has 5 fully saturated rings. The van der Waals surface area contributed by atoms with Gasteiger partial charge in [0, 0.05) is 18.3 Å². The second-order valence-electron chi connectivity index (χ2n) is 14.7. The Balaban J connectivity index is 1.56. The third kappa shape index (κ3) is 2.75. The van der Waals surface area contributed by atoms with Crippen LogP contribution in [0.15, 0.2) is 0 Å². The van der Waals surface area contributed by atoms with Gasteiger partial charge >= 0.3 is 0 Å². The molecule has 0 spiro atoms. The van der Waals surface area contributed by atoms with Gasteiger partial charge in [0.1, 0.15) is 12.1 Å². The third-order valence-electron chi connectivity index (χ3n) is 12.8. The predicted octanol–water partition coefficient (Wildman–Crippen LogP) is 7.39. The topological polar surface area (TPSA) is 34.1 Å². The Morgan fingerprint density at radius 1 is 0.742 bits per heavy atom. The summed E-state index contributed by atoms with van der Waals surface area (Å²) < 4.78 is 0. The molecule has 0 heterocycles. The highest BCUT2D eigenvalue weighted by atomic mass is 16.1. The van der Waals surface area contributed by atoms with Crippen LogP contribution in [0.5, 0.6) is 0 Å². The van der Waals surface area contributed by atoms with Crippen molar-refractivity contribution in [2.45, 2.75) is 119 Å². The molecule has 0 aromatic carbocycles. The van der Waals surface area contributed by atoms with E-state index in [-0.39, 0.29) is 16.2 Å². The van der Waals surface area contributed by atoms with Gasteiger partial charge in [-0.05, 0) is 109 Å². The number of carbonyl (C=O) groups is 2. The van der Waals surface area contributed by atoms with Crippen LogP contribution in [0.2, 0.25) is 0 Å². The summed E-state index contributed by atoms with van der Waals surface area (Å²) in [6.45, 7) is 15.2. The van der Waals surface area contributed by atoms with E-state index in [1.54, 1.807) is 0 Å². The number of carbonyl (C=O) groups excluding carboxylic acids is 2. The van der Waals surface area contributed by atoms with Gasteiger partial charge in [0.15, 0.2) is 0 Å². The number of ketones is 1. The Morgan fingerprint density at radius 2 is 1.39 bits per heavy atom. The van der Waals surface area contributed by atoms with Crippen LogP contribution in [-0.4, -0.2) is 12.1 Å². The fourth-order valence-corrected chi connectivity index (χ4v) is 10.8. The van der Waals surface area contributed by atoms with E-state index < -0.39 is 0 Å². The summed E-state index contributed by atoms with van der Waals surface area (Å²) in [6.07, 6.45) is 15.1. The van der Waals surface area contributed by atoms with Crippen LogP contribution >= 0.6 is 0 Å². The van der Waals surface area contributed by atoms with E-state index in [0.717, 1.165) is 38.0 Å². The summed E-state index contributed by atoms with van der Waals surface area (Å²) in [5.41, 5.74) is 1.43. The molecule has 0 aliphatic heterocycles. The van der Waals surface area contributed by atoms with Gasteiger partial charge in [-0.25, -0.2) is 0 Å². The molecule has 0 saturated heterocycles. The van der Waals surface area contributed by atoms with Crippen molar-refractivity contribution in [1.82, 2.24) is 0 Å².